The number of aromatic nitrogens is 2. The number of nitrogens with zero attached hydrogens (tertiary/aromatic N) is 2. The van der Waals surface area contributed by atoms with E-state index in [-0.39, 0.29) is 5.03 Å². The molecule has 0 aliphatic rings. The van der Waals surface area contributed by atoms with Gasteiger partial charge in [0.05, 0.1) is 6.33 Å². The summed E-state index contributed by atoms with van der Waals surface area (Å²) < 4.78 is 24.2. The number of rotatable bonds is 5. The number of hydrogen-bond acceptors (Lipinski definition) is 5. The number of carbonyl (C=O) groups excluding carboxylic acids is 1. The van der Waals surface area contributed by atoms with E-state index in [0.29, 0.717) is 0 Å². The van der Waals surface area contributed by atoms with Crippen molar-refractivity contribution in [2.75, 3.05) is 6.61 Å². The van der Waals surface area contributed by atoms with Crippen LogP contribution < -0.4 is 10.6 Å². The molecule has 9 heteroatoms. The van der Waals surface area contributed by atoms with Crippen molar-refractivity contribution in [2.24, 2.45) is 12.8 Å². The smallest absolute Gasteiger partial charge is 0.281 e. The van der Waals surface area contributed by atoms with Crippen molar-refractivity contribution in [1.82, 2.24) is 14.4 Å². The lowest BCUT2D eigenvalue weighted by molar-refractivity contribution is -0.123. The monoisotopic (exact) mass is 234 g/mol. The van der Waals surface area contributed by atoms with Gasteiger partial charge in [-0.25, -0.2) is 13.4 Å². The van der Waals surface area contributed by atoms with Crippen LogP contribution in [-0.2, 0) is 26.7 Å². The third-order valence-corrected chi connectivity index (χ3v) is 2.44. The molecule has 0 spiro atoms. The normalized spacial score (nSPS) is 11.5. The molecule has 8 nitrogen and oxygen atoms in total. The topological polar surface area (TPSA) is 116 Å². The van der Waals surface area contributed by atoms with Crippen LogP contribution >= 0.6 is 0 Å². The Labute approximate surface area is 86.0 Å². The summed E-state index contributed by atoms with van der Waals surface area (Å²) in [4.78, 5) is 19.9. The van der Waals surface area contributed by atoms with Crippen molar-refractivity contribution in [3.63, 3.8) is 0 Å². The van der Waals surface area contributed by atoms with E-state index in [4.69, 9.17) is 5.73 Å². The highest BCUT2D eigenvalue weighted by molar-refractivity contribution is 7.89. The zero-order chi connectivity index (χ0) is 11.5. The van der Waals surface area contributed by atoms with Crippen LogP contribution in [0.2, 0.25) is 0 Å². The Morgan fingerprint density at radius 2 is 2.40 bits per heavy atom. The van der Waals surface area contributed by atoms with Crippen LogP contribution in [0.3, 0.4) is 0 Å². The number of imidazole rings is 1. The Morgan fingerprint density at radius 1 is 1.73 bits per heavy atom. The summed E-state index contributed by atoms with van der Waals surface area (Å²) in [6.45, 7) is -0.536. The fourth-order valence-electron chi connectivity index (χ4n) is 0.748. The van der Waals surface area contributed by atoms with Crippen LogP contribution in [0.1, 0.15) is 0 Å². The lowest BCUT2D eigenvalue weighted by Crippen LogP contribution is -2.29. The summed E-state index contributed by atoms with van der Waals surface area (Å²) >= 11 is 0. The van der Waals surface area contributed by atoms with E-state index in [1.807, 2.05) is 0 Å². The first kappa shape index (κ1) is 11.6. The largest absolute Gasteiger partial charge is 0.368 e. The molecule has 1 aromatic heterocycles. The van der Waals surface area contributed by atoms with Gasteiger partial charge in [0.15, 0.2) is 5.03 Å². The molecule has 1 heterocycles. The highest BCUT2D eigenvalue weighted by Crippen LogP contribution is 2.03. The molecule has 0 unspecified atom stereocenters. The standard InChI is InChI=1S/C6H10N4O4S/c1-10-2-6(8-4-10)15(12,13)9-14-3-5(7)11/h2,4,9H,3H2,1H3,(H2,7,11). The number of aryl methyl sites for hydroxylation is 1. The molecule has 0 aromatic carbocycles. The predicted octanol–water partition coefficient (Wildman–Crippen LogP) is -1.88. The maximum Gasteiger partial charge on any atom is 0.281 e. The Bertz CT molecular complexity index is 451. The summed E-state index contributed by atoms with van der Waals surface area (Å²) in [5.41, 5.74) is 4.75. The first-order valence-corrected chi connectivity index (χ1v) is 5.30. The van der Waals surface area contributed by atoms with Gasteiger partial charge in [-0.15, -0.1) is 0 Å². The molecule has 1 amide bonds. The molecule has 1 rings (SSSR count). The maximum absolute atomic E-state index is 11.4. The van der Waals surface area contributed by atoms with E-state index < -0.39 is 22.5 Å². The highest BCUT2D eigenvalue weighted by atomic mass is 32.2. The van der Waals surface area contributed by atoms with E-state index in [2.05, 4.69) is 9.82 Å². The first-order chi connectivity index (χ1) is 6.92. The van der Waals surface area contributed by atoms with Gasteiger partial charge in [0, 0.05) is 13.2 Å². The third kappa shape index (κ3) is 3.31. The third-order valence-electron chi connectivity index (χ3n) is 1.34. The second-order valence-electron chi connectivity index (χ2n) is 2.72. The quantitative estimate of drug-likeness (QED) is 0.578. The van der Waals surface area contributed by atoms with Gasteiger partial charge in [0.2, 0.25) is 5.91 Å². The molecule has 3 N–H and O–H groups in total. The Balaban J connectivity index is 2.64. The molecule has 0 bridgehead atoms. The van der Waals surface area contributed by atoms with E-state index in [1.54, 1.807) is 11.9 Å². The Kier molecular flexibility index (Phi) is 3.39. The molecule has 0 fully saturated rings. The fourth-order valence-corrected chi connectivity index (χ4v) is 1.54. The minimum Gasteiger partial charge on any atom is -0.368 e. The van der Waals surface area contributed by atoms with Crippen LogP contribution in [0.15, 0.2) is 17.6 Å². The molecule has 0 atom stereocenters. The van der Waals surface area contributed by atoms with Crippen LogP contribution in [0.25, 0.3) is 0 Å². The van der Waals surface area contributed by atoms with Gasteiger partial charge < -0.3 is 10.3 Å². The van der Waals surface area contributed by atoms with Crippen LogP contribution in [0.4, 0.5) is 0 Å². The summed E-state index contributed by atoms with van der Waals surface area (Å²) in [5, 5.41) is -0.200. The minimum absolute atomic E-state index is 0.200. The molecule has 0 radical (unpaired) electrons. The minimum atomic E-state index is -3.85. The summed E-state index contributed by atoms with van der Waals surface area (Å²) in [7, 11) is -2.23. The fraction of sp³-hybridized carbons (Fsp3) is 0.333. The van der Waals surface area contributed by atoms with E-state index >= 15 is 0 Å². The van der Waals surface area contributed by atoms with Gasteiger partial charge >= 0.3 is 0 Å². The van der Waals surface area contributed by atoms with Gasteiger partial charge in [-0.1, -0.05) is 4.89 Å². The molecule has 0 aliphatic carbocycles. The molecular formula is C6H10N4O4S. The molecule has 84 valence electrons. The summed E-state index contributed by atoms with van der Waals surface area (Å²) in [5.74, 6) is -0.779. The molecule has 0 saturated heterocycles. The average Bonchev–Trinajstić information content (AvgIpc) is 2.51. The molecular weight excluding hydrogens is 224 g/mol. The lowest BCUT2D eigenvalue weighted by Gasteiger charge is -2.02. The van der Waals surface area contributed by atoms with Gasteiger partial charge in [0.1, 0.15) is 6.61 Å². The van der Waals surface area contributed by atoms with E-state index in [9.17, 15) is 13.2 Å². The van der Waals surface area contributed by atoms with Crippen molar-refractivity contribution in [3.05, 3.63) is 12.5 Å². The van der Waals surface area contributed by atoms with Crippen molar-refractivity contribution in [2.45, 2.75) is 5.03 Å². The van der Waals surface area contributed by atoms with E-state index in [0.717, 1.165) is 0 Å². The Morgan fingerprint density at radius 3 is 2.87 bits per heavy atom. The predicted molar refractivity (Wildman–Crippen MR) is 48.7 cm³/mol. The zero-order valence-corrected chi connectivity index (χ0v) is 8.69. The molecule has 0 aliphatic heterocycles. The number of nitrogens with two attached hydrogens (primary N) is 1. The maximum atomic E-state index is 11.4. The zero-order valence-electron chi connectivity index (χ0n) is 7.87. The molecule has 1 aromatic rings. The molecule has 15 heavy (non-hydrogen) atoms. The number of sulfonamides is 1. The lowest BCUT2D eigenvalue weighted by atomic mass is 10.7. The number of primary amides is 1. The number of carbonyl (C=O) groups is 1. The highest BCUT2D eigenvalue weighted by Gasteiger charge is 2.17. The van der Waals surface area contributed by atoms with Gasteiger partial charge in [-0.05, 0) is 0 Å². The van der Waals surface area contributed by atoms with Gasteiger partial charge in [-0.2, -0.15) is 0 Å². The van der Waals surface area contributed by atoms with Gasteiger partial charge in [0.25, 0.3) is 10.0 Å². The number of hydrogen-bond donors (Lipinski definition) is 2. The van der Waals surface area contributed by atoms with Gasteiger partial charge in [-0.3, -0.25) is 9.63 Å². The van der Waals surface area contributed by atoms with Crippen LogP contribution in [0.5, 0.6) is 0 Å². The van der Waals surface area contributed by atoms with Crippen molar-refractivity contribution in [1.29, 1.82) is 0 Å². The first-order valence-electron chi connectivity index (χ1n) is 3.81. The SMILES string of the molecule is Cn1cnc(S(=O)(=O)NOCC(N)=O)c1. The van der Waals surface area contributed by atoms with Crippen LogP contribution in [0, 0.1) is 0 Å². The Hall–Kier alpha value is -1.45. The number of nitrogens with one attached hydrogen (secondary N) is 1. The van der Waals surface area contributed by atoms with Crippen molar-refractivity contribution < 1.29 is 18.0 Å². The van der Waals surface area contributed by atoms with Crippen molar-refractivity contribution in [3.8, 4) is 0 Å². The average molecular weight is 234 g/mol. The van der Waals surface area contributed by atoms with Crippen LogP contribution in [-0.4, -0.2) is 30.5 Å². The summed E-state index contributed by atoms with van der Waals surface area (Å²) in [6.07, 6.45) is 2.61. The van der Waals surface area contributed by atoms with E-state index in [1.165, 1.54) is 17.1 Å². The molecule has 0 saturated carbocycles. The summed E-state index contributed by atoms with van der Waals surface area (Å²) in [6, 6.07) is 0. The van der Waals surface area contributed by atoms with Crippen molar-refractivity contribution >= 4 is 15.9 Å². The second kappa shape index (κ2) is 4.38. The second-order valence-corrected chi connectivity index (χ2v) is 4.31. The number of amides is 1.